The summed E-state index contributed by atoms with van der Waals surface area (Å²) in [7, 11) is 0. The Morgan fingerprint density at radius 2 is 1.00 bits per heavy atom. The number of carbonyl (C=O) groups is 1. The van der Waals surface area contributed by atoms with Gasteiger partial charge in [0, 0.05) is 6.42 Å². The highest BCUT2D eigenvalue weighted by molar-refractivity contribution is 5.76. The molecular formula is C36H65NO3. The van der Waals surface area contributed by atoms with Crippen LogP contribution in [0.3, 0.4) is 0 Å². The first-order valence-electron chi connectivity index (χ1n) is 16.9. The number of aliphatic hydroxyl groups is 2. The van der Waals surface area contributed by atoms with Crippen molar-refractivity contribution in [2.45, 2.75) is 167 Å². The third-order valence-electron chi connectivity index (χ3n) is 7.26. The maximum Gasteiger partial charge on any atom is 0.220 e. The Kier molecular flexibility index (Phi) is 30.6. The zero-order chi connectivity index (χ0) is 29.4. The highest BCUT2D eigenvalue weighted by atomic mass is 16.3. The van der Waals surface area contributed by atoms with E-state index >= 15 is 0 Å². The summed E-state index contributed by atoms with van der Waals surface area (Å²) in [5.74, 6) is -0.0912. The zero-order valence-corrected chi connectivity index (χ0v) is 26.3. The maximum absolute atomic E-state index is 12.3. The van der Waals surface area contributed by atoms with Crippen molar-refractivity contribution in [2.75, 3.05) is 6.61 Å². The van der Waals surface area contributed by atoms with E-state index in [1.807, 2.05) is 6.08 Å². The molecule has 232 valence electrons. The van der Waals surface area contributed by atoms with Crippen LogP contribution in [-0.4, -0.2) is 34.9 Å². The van der Waals surface area contributed by atoms with Crippen LogP contribution in [0.25, 0.3) is 0 Å². The fourth-order valence-corrected chi connectivity index (χ4v) is 4.60. The van der Waals surface area contributed by atoms with E-state index < -0.39 is 12.1 Å². The topological polar surface area (TPSA) is 69.6 Å². The summed E-state index contributed by atoms with van der Waals surface area (Å²) < 4.78 is 0. The van der Waals surface area contributed by atoms with Crippen LogP contribution >= 0.6 is 0 Å². The molecule has 2 unspecified atom stereocenters. The summed E-state index contributed by atoms with van der Waals surface area (Å²) >= 11 is 0. The van der Waals surface area contributed by atoms with Crippen LogP contribution in [0.1, 0.15) is 155 Å². The zero-order valence-electron chi connectivity index (χ0n) is 26.3. The third-order valence-corrected chi connectivity index (χ3v) is 7.26. The number of amides is 1. The van der Waals surface area contributed by atoms with Crippen molar-refractivity contribution in [1.29, 1.82) is 0 Å². The van der Waals surface area contributed by atoms with Crippen LogP contribution in [-0.2, 0) is 4.79 Å². The molecule has 0 aliphatic carbocycles. The van der Waals surface area contributed by atoms with Gasteiger partial charge < -0.3 is 15.5 Å². The first-order chi connectivity index (χ1) is 19.7. The molecule has 4 heteroatoms. The van der Waals surface area contributed by atoms with Gasteiger partial charge in [0.15, 0.2) is 0 Å². The van der Waals surface area contributed by atoms with Crippen LogP contribution < -0.4 is 5.32 Å². The standard InChI is InChI=1S/C36H65NO3/c1-3-5-7-9-11-13-15-17-18-19-20-22-24-26-28-30-32-36(40)37-34(33-38)35(39)31-29-27-25-23-21-16-14-12-10-8-6-4-2/h10,12,18-19,21,23,29,31,34-35,38-39H,3-9,11,13-17,20,22,24-28,30,32-33H2,1-2H3,(H,37,40)/b12-10+,19-18-,23-21+,31-29+. The van der Waals surface area contributed by atoms with Crippen LogP contribution in [0, 0.1) is 0 Å². The number of hydrogen-bond acceptors (Lipinski definition) is 3. The van der Waals surface area contributed by atoms with Gasteiger partial charge in [-0.05, 0) is 64.2 Å². The van der Waals surface area contributed by atoms with Crippen molar-refractivity contribution in [2.24, 2.45) is 0 Å². The number of rotatable bonds is 29. The second kappa shape index (κ2) is 31.9. The van der Waals surface area contributed by atoms with Crippen LogP contribution in [0.2, 0.25) is 0 Å². The molecule has 3 N–H and O–H groups in total. The predicted molar refractivity (Wildman–Crippen MR) is 175 cm³/mol. The average Bonchev–Trinajstić information content (AvgIpc) is 2.96. The quantitative estimate of drug-likeness (QED) is 0.0631. The van der Waals surface area contributed by atoms with E-state index in [-0.39, 0.29) is 12.5 Å². The van der Waals surface area contributed by atoms with Crippen molar-refractivity contribution < 1.29 is 15.0 Å². The van der Waals surface area contributed by atoms with E-state index in [0.29, 0.717) is 6.42 Å². The smallest absolute Gasteiger partial charge is 0.220 e. The summed E-state index contributed by atoms with van der Waals surface area (Å²) in [6.07, 6.45) is 41.9. The Balaban J connectivity index is 3.73. The summed E-state index contributed by atoms with van der Waals surface area (Å²) in [6, 6.07) is -0.647. The Morgan fingerprint density at radius 3 is 1.52 bits per heavy atom. The summed E-state index contributed by atoms with van der Waals surface area (Å²) in [6.45, 7) is 4.21. The lowest BCUT2D eigenvalue weighted by Crippen LogP contribution is -2.45. The molecule has 0 spiro atoms. The van der Waals surface area contributed by atoms with Crippen molar-refractivity contribution in [1.82, 2.24) is 5.32 Å². The van der Waals surface area contributed by atoms with Crippen molar-refractivity contribution >= 4 is 5.91 Å². The highest BCUT2D eigenvalue weighted by Gasteiger charge is 2.17. The van der Waals surface area contributed by atoms with Gasteiger partial charge in [-0.3, -0.25) is 4.79 Å². The van der Waals surface area contributed by atoms with E-state index in [9.17, 15) is 15.0 Å². The van der Waals surface area contributed by atoms with E-state index in [1.165, 1.54) is 83.5 Å². The molecule has 0 aromatic heterocycles. The van der Waals surface area contributed by atoms with E-state index in [2.05, 4.69) is 55.6 Å². The maximum atomic E-state index is 12.3. The number of aliphatic hydroxyl groups excluding tert-OH is 2. The normalized spacial score (nSPS) is 13.8. The lowest BCUT2D eigenvalue weighted by molar-refractivity contribution is -0.123. The lowest BCUT2D eigenvalue weighted by atomic mass is 10.1. The molecule has 0 rings (SSSR count). The van der Waals surface area contributed by atoms with E-state index in [0.717, 1.165) is 51.4 Å². The average molecular weight is 560 g/mol. The van der Waals surface area contributed by atoms with Gasteiger partial charge >= 0.3 is 0 Å². The van der Waals surface area contributed by atoms with Crippen LogP contribution in [0.5, 0.6) is 0 Å². The fourth-order valence-electron chi connectivity index (χ4n) is 4.60. The number of unbranched alkanes of at least 4 members (excludes halogenated alkanes) is 16. The van der Waals surface area contributed by atoms with Gasteiger partial charge in [0.25, 0.3) is 0 Å². The number of allylic oxidation sites excluding steroid dienone is 7. The lowest BCUT2D eigenvalue weighted by Gasteiger charge is -2.19. The third kappa shape index (κ3) is 27.9. The van der Waals surface area contributed by atoms with Crippen LogP contribution in [0.4, 0.5) is 0 Å². The first kappa shape index (κ1) is 38.4. The molecule has 0 saturated carbocycles. The Morgan fingerprint density at radius 1 is 0.575 bits per heavy atom. The molecule has 0 aromatic carbocycles. The molecule has 0 aliphatic rings. The van der Waals surface area contributed by atoms with Crippen molar-refractivity contribution in [3.05, 3.63) is 48.6 Å². The fraction of sp³-hybridized carbons (Fsp3) is 0.750. The Labute approximate surface area is 248 Å². The molecule has 4 nitrogen and oxygen atoms in total. The number of carbonyl (C=O) groups excluding carboxylic acids is 1. The molecule has 0 saturated heterocycles. The minimum Gasteiger partial charge on any atom is -0.394 e. The number of hydrogen-bond donors (Lipinski definition) is 3. The van der Waals surface area contributed by atoms with Gasteiger partial charge in [-0.2, -0.15) is 0 Å². The van der Waals surface area contributed by atoms with Crippen molar-refractivity contribution in [3.8, 4) is 0 Å². The molecule has 0 heterocycles. The molecule has 0 radical (unpaired) electrons. The van der Waals surface area contributed by atoms with Gasteiger partial charge in [-0.25, -0.2) is 0 Å². The minimum absolute atomic E-state index is 0.0912. The monoisotopic (exact) mass is 559 g/mol. The molecule has 0 aliphatic heterocycles. The Hall–Kier alpha value is -1.65. The first-order valence-corrected chi connectivity index (χ1v) is 16.9. The second-order valence-electron chi connectivity index (χ2n) is 11.2. The minimum atomic E-state index is -0.870. The highest BCUT2D eigenvalue weighted by Crippen LogP contribution is 2.11. The molecule has 0 aromatic rings. The molecule has 2 atom stereocenters. The Bertz CT molecular complexity index is 652. The predicted octanol–water partition coefficient (Wildman–Crippen LogP) is 9.67. The second-order valence-corrected chi connectivity index (χ2v) is 11.2. The van der Waals surface area contributed by atoms with Crippen LogP contribution in [0.15, 0.2) is 48.6 Å². The number of nitrogens with one attached hydrogen (secondary N) is 1. The molecule has 40 heavy (non-hydrogen) atoms. The summed E-state index contributed by atoms with van der Waals surface area (Å²) in [5.41, 5.74) is 0. The molecule has 0 bridgehead atoms. The summed E-state index contributed by atoms with van der Waals surface area (Å²) in [5, 5.41) is 22.7. The molecule has 1 amide bonds. The van der Waals surface area contributed by atoms with Gasteiger partial charge in [-0.15, -0.1) is 0 Å². The molecule has 0 fully saturated rings. The SMILES string of the molecule is CCCC/C=C/CC/C=C/CC/C=C/C(O)C(CO)NC(=O)CCCCCCC/C=C\CCCCCCCCC. The largest absolute Gasteiger partial charge is 0.394 e. The molecular weight excluding hydrogens is 494 g/mol. The van der Waals surface area contributed by atoms with Gasteiger partial charge in [0.2, 0.25) is 5.91 Å². The van der Waals surface area contributed by atoms with Gasteiger partial charge in [-0.1, -0.05) is 133 Å². The van der Waals surface area contributed by atoms with Gasteiger partial charge in [0.1, 0.15) is 0 Å². The van der Waals surface area contributed by atoms with Gasteiger partial charge in [0.05, 0.1) is 18.8 Å². The van der Waals surface area contributed by atoms with Crippen molar-refractivity contribution in [3.63, 3.8) is 0 Å². The summed E-state index contributed by atoms with van der Waals surface area (Å²) in [4.78, 5) is 12.3. The van der Waals surface area contributed by atoms with E-state index in [1.54, 1.807) is 6.08 Å². The van der Waals surface area contributed by atoms with E-state index in [4.69, 9.17) is 0 Å².